The third kappa shape index (κ3) is 7.52. The van der Waals surface area contributed by atoms with Crippen LogP contribution in [0.5, 0.6) is 0 Å². The van der Waals surface area contributed by atoms with Crippen molar-refractivity contribution in [2.45, 2.75) is 113 Å². The Balaban J connectivity index is 0.000000309. The molecule has 0 saturated carbocycles. The van der Waals surface area contributed by atoms with Crippen LogP contribution in [0, 0.1) is 29.7 Å². The van der Waals surface area contributed by atoms with Gasteiger partial charge in [0.2, 0.25) is 0 Å². The van der Waals surface area contributed by atoms with Gasteiger partial charge in [0, 0.05) is 49.6 Å². The fraction of sp³-hybridized carbons (Fsp3) is 0.512. The summed E-state index contributed by atoms with van der Waals surface area (Å²) in [6, 6.07) is 14.7. The van der Waals surface area contributed by atoms with Crippen LogP contribution in [-0.2, 0) is 43.2 Å². The van der Waals surface area contributed by atoms with Crippen molar-refractivity contribution in [3.63, 3.8) is 0 Å². The molecule has 0 unspecified atom stereocenters. The van der Waals surface area contributed by atoms with Crippen LogP contribution >= 0.6 is 0 Å². The molecule has 251 valence electrons. The second-order valence-electron chi connectivity index (χ2n) is 14.2. The summed E-state index contributed by atoms with van der Waals surface area (Å²) in [7, 11) is 0. The number of allylic oxidation sites excluding steroid dienone is 2. The SMILES string of the molecule is CC(C)Cc1c[c-]c2c3c1oc1c(CC(C)C)ccc(c13)C(C)(C)c1cccnc1-2.CCC(CC)C(=O)/C=C(\O)C(CC)CC.[Ir]. The number of benzene rings is 2. The molecular weight excluding hydrogens is 747 g/mol. The van der Waals surface area contributed by atoms with Gasteiger partial charge < -0.3 is 14.5 Å². The van der Waals surface area contributed by atoms with E-state index in [2.05, 4.69) is 77.9 Å². The maximum absolute atomic E-state index is 11.7. The monoisotopic (exact) mass is 801 g/mol. The van der Waals surface area contributed by atoms with Gasteiger partial charge in [0.1, 0.15) is 5.58 Å². The molecule has 0 aliphatic heterocycles. The number of hydrogen-bond donors (Lipinski definition) is 1. The quantitative estimate of drug-likeness (QED) is 0.0932. The Morgan fingerprint density at radius 2 is 1.46 bits per heavy atom. The molecule has 5 rings (SSSR count). The number of carbonyl (C=O) groups excluding carboxylic acids is 1. The Morgan fingerprint density at radius 3 is 2.04 bits per heavy atom. The van der Waals surface area contributed by atoms with Crippen LogP contribution in [0.2, 0.25) is 0 Å². The van der Waals surface area contributed by atoms with Crippen LogP contribution in [-0.4, -0.2) is 15.9 Å². The summed E-state index contributed by atoms with van der Waals surface area (Å²) >= 11 is 0. The first-order chi connectivity index (χ1) is 21.4. The van der Waals surface area contributed by atoms with Gasteiger partial charge in [-0.2, -0.15) is 0 Å². The molecule has 2 aromatic carbocycles. The first kappa shape index (κ1) is 37.7. The van der Waals surface area contributed by atoms with Crippen LogP contribution in [0.25, 0.3) is 33.2 Å². The normalized spacial score (nSPS) is 13.7. The maximum Gasteiger partial charge on any atom is 0.162 e. The predicted octanol–water partition coefficient (Wildman–Crippen LogP) is 11.4. The Labute approximate surface area is 290 Å². The Hall–Kier alpha value is -2.75. The molecular formula is C41H54IrNO3-. The zero-order chi connectivity index (χ0) is 33.1. The van der Waals surface area contributed by atoms with E-state index in [1.807, 2.05) is 33.9 Å². The van der Waals surface area contributed by atoms with E-state index in [0.717, 1.165) is 60.9 Å². The summed E-state index contributed by atoms with van der Waals surface area (Å²) in [4.78, 5) is 16.6. The summed E-state index contributed by atoms with van der Waals surface area (Å²) in [6.45, 7) is 21.8. The number of carbonyl (C=O) groups is 1. The van der Waals surface area contributed by atoms with E-state index in [1.165, 1.54) is 39.1 Å². The fourth-order valence-corrected chi connectivity index (χ4v) is 6.95. The van der Waals surface area contributed by atoms with Gasteiger partial charge in [0.25, 0.3) is 0 Å². The average Bonchev–Trinajstić information content (AvgIpc) is 3.37. The number of aromatic nitrogens is 1. The number of pyridine rings is 1. The number of hydrogen-bond acceptors (Lipinski definition) is 4. The minimum absolute atomic E-state index is 0. The molecule has 1 radical (unpaired) electrons. The van der Waals surface area contributed by atoms with E-state index >= 15 is 0 Å². The van der Waals surface area contributed by atoms with E-state index in [0.29, 0.717) is 11.8 Å². The fourth-order valence-electron chi connectivity index (χ4n) is 6.95. The molecule has 1 N–H and O–H groups in total. The van der Waals surface area contributed by atoms with Gasteiger partial charge in [-0.05, 0) is 66.3 Å². The van der Waals surface area contributed by atoms with Gasteiger partial charge in [-0.15, -0.1) is 17.7 Å². The number of aliphatic hydroxyl groups excluding tert-OH is 1. The van der Waals surface area contributed by atoms with Crippen molar-refractivity contribution in [1.82, 2.24) is 4.98 Å². The van der Waals surface area contributed by atoms with E-state index in [1.54, 1.807) is 0 Å². The number of rotatable bonds is 11. The van der Waals surface area contributed by atoms with Gasteiger partial charge in [-0.3, -0.25) is 4.79 Å². The van der Waals surface area contributed by atoms with E-state index in [9.17, 15) is 9.90 Å². The van der Waals surface area contributed by atoms with Crippen molar-refractivity contribution in [3.05, 3.63) is 76.7 Å². The van der Waals surface area contributed by atoms with Crippen molar-refractivity contribution in [2.75, 3.05) is 0 Å². The van der Waals surface area contributed by atoms with E-state index in [-0.39, 0.29) is 48.9 Å². The molecule has 5 heteroatoms. The first-order valence-corrected chi connectivity index (χ1v) is 17.2. The van der Waals surface area contributed by atoms with E-state index < -0.39 is 0 Å². The standard InChI is InChI=1S/C28H30NO.C13H24O2.Ir/c1-16(2)14-18-9-11-20-23-24-21(28(5,6)22-8-7-13-29-25(20)22)12-10-19(15-17(3)4)27(24)30-26(18)23;1-5-10(6-2)12(14)9-13(15)11(7-3)8-4;/h7-10,12-13,16-17H,14-15H2,1-6H3;9-11,14H,5-8H2,1-4H3;/q-1;;/b;12-9-;. The van der Waals surface area contributed by atoms with Crippen molar-refractivity contribution in [3.8, 4) is 11.3 Å². The Morgan fingerprint density at radius 1 is 0.870 bits per heavy atom. The topological polar surface area (TPSA) is 63.3 Å². The molecule has 1 aliphatic carbocycles. The summed E-state index contributed by atoms with van der Waals surface area (Å²) in [5.74, 6) is 1.68. The molecule has 46 heavy (non-hydrogen) atoms. The largest absolute Gasteiger partial charge is 0.512 e. The van der Waals surface area contributed by atoms with Gasteiger partial charge in [0.15, 0.2) is 5.78 Å². The molecule has 4 aromatic rings. The summed E-state index contributed by atoms with van der Waals surface area (Å²) < 4.78 is 6.73. The number of fused-ring (bicyclic) bond motifs is 2. The van der Waals surface area contributed by atoms with Crippen molar-refractivity contribution in [1.29, 1.82) is 0 Å². The third-order valence-corrected chi connectivity index (χ3v) is 9.58. The zero-order valence-corrected chi connectivity index (χ0v) is 32.0. The molecule has 0 spiro atoms. The second kappa shape index (κ2) is 15.9. The number of aliphatic hydroxyl groups is 1. The van der Waals surface area contributed by atoms with Crippen LogP contribution in [0.3, 0.4) is 0 Å². The maximum atomic E-state index is 11.7. The smallest absolute Gasteiger partial charge is 0.162 e. The van der Waals surface area contributed by atoms with Crippen LogP contribution in [0.15, 0.2) is 52.8 Å². The van der Waals surface area contributed by atoms with Gasteiger partial charge in [-0.1, -0.05) is 116 Å². The first-order valence-electron chi connectivity index (χ1n) is 17.2. The third-order valence-electron chi connectivity index (χ3n) is 9.58. The summed E-state index contributed by atoms with van der Waals surface area (Å²) in [6.07, 6.45) is 8.80. The number of furan rings is 1. The molecule has 2 aromatic heterocycles. The zero-order valence-electron chi connectivity index (χ0n) is 29.6. The molecule has 0 amide bonds. The second-order valence-corrected chi connectivity index (χ2v) is 14.2. The minimum atomic E-state index is -0.167. The molecule has 0 saturated heterocycles. The van der Waals surface area contributed by atoms with Crippen molar-refractivity contribution < 1.29 is 34.4 Å². The molecule has 1 aliphatic rings. The molecule has 0 bridgehead atoms. The van der Waals surface area contributed by atoms with E-state index in [4.69, 9.17) is 9.40 Å². The predicted molar refractivity (Wildman–Crippen MR) is 189 cm³/mol. The molecule has 0 fully saturated rings. The number of ketones is 1. The Kier molecular flexibility index (Phi) is 13.0. The summed E-state index contributed by atoms with van der Waals surface area (Å²) in [5.41, 5.74) is 9.17. The minimum Gasteiger partial charge on any atom is -0.512 e. The van der Waals surface area contributed by atoms with Crippen LogP contribution < -0.4 is 0 Å². The number of nitrogens with zero attached hydrogens (tertiary/aromatic N) is 1. The van der Waals surface area contributed by atoms with Gasteiger partial charge >= 0.3 is 0 Å². The van der Waals surface area contributed by atoms with Crippen molar-refractivity contribution in [2.24, 2.45) is 23.7 Å². The van der Waals surface area contributed by atoms with Gasteiger partial charge in [0.05, 0.1) is 11.3 Å². The molecule has 4 nitrogen and oxygen atoms in total. The van der Waals surface area contributed by atoms with Gasteiger partial charge in [-0.25, -0.2) is 0 Å². The average molecular weight is 801 g/mol. The molecule has 2 heterocycles. The Bertz CT molecular complexity index is 1670. The summed E-state index contributed by atoms with van der Waals surface area (Å²) in [5, 5.41) is 12.2. The van der Waals surface area contributed by atoms with Crippen molar-refractivity contribution >= 4 is 27.7 Å². The van der Waals surface area contributed by atoms with Crippen LogP contribution in [0.4, 0.5) is 0 Å². The van der Waals surface area contributed by atoms with Crippen LogP contribution in [0.1, 0.15) is 117 Å². The molecule has 0 atom stereocenters.